The van der Waals surface area contributed by atoms with Gasteiger partial charge < -0.3 is 9.64 Å². The molecule has 24 heavy (non-hydrogen) atoms. The van der Waals surface area contributed by atoms with Crippen molar-refractivity contribution in [1.82, 2.24) is 9.88 Å². The minimum atomic E-state index is -0.509. The van der Waals surface area contributed by atoms with Crippen molar-refractivity contribution in [3.63, 3.8) is 0 Å². The van der Waals surface area contributed by atoms with Crippen LogP contribution in [0.2, 0.25) is 0 Å². The molecule has 1 atom stereocenters. The Hall–Kier alpha value is -2.43. The van der Waals surface area contributed by atoms with Crippen molar-refractivity contribution in [3.8, 4) is 5.75 Å². The molecule has 1 aliphatic heterocycles. The summed E-state index contributed by atoms with van der Waals surface area (Å²) in [4.78, 5) is 18.8. The third-order valence-electron chi connectivity index (χ3n) is 4.43. The highest BCUT2D eigenvalue weighted by molar-refractivity contribution is 5.94. The van der Waals surface area contributed by atoms with Gasteiger partial charge in [0, 0.05) is 30.5 Å². The number of likely N-dealkylation sites (tertiary alicyclic amines) is 1. The molecule has 1 fully saturated rings. The Bertz CT molecular complexity index is 706. The van der Waals surface area contributed by atoms with Crippen molar-refractivity contribution < 1.29 is 13.9 Å². The first-order valence-electron chi connectivity index (χ1n) is 8.20. The largest absolute Gasteiger partial charge is 0.494 e. The Balaban J connectivity index is 1.67. The molecule has 1 saturated heterocycles. The van der Waals surface area contributed by atoms with Gasteiger partial charge in [0.15, 0.2) is 11.6 Å². The third kappa shape index (κ3) is 3.72. The molecular weight excluding hydrogens is 307 g/mol. The maximum atomic E-state index is 13.8. The number of nitrogens with zero attached hydrogens (tertiary/aromatic N) is 2. The van der Waals surface area contributed by atoms with Crippen molar-refractivity contribution in [2.75, 3.05) is 20.2 Å². The smallest absolute Gasteiger partial charge is 0.253 e. The lowest BCUT2D eigenvalue weighted by molar-refractivity contribution is 0.0672. The number of piperidine rings is 1. The van der Waals surface area contributed by atoms with Crippen LogP contribution in [0.4, 0.5) is 4.39 Å². The minimum Gasteiger partial charge on any atom is -0.494 e. The number of methoxy groups -OCH3 is 1. The molecule has 1 aromatic carbocycles. The Morgan fingerprint density at radius 2 is 2.25 bits per heavy atom. The second-order valence-electron chi connectivity index (χ2n) is 6.13. The van der Waals surface area contributed by atoms with E-state index in [4.69, 9.17) is 4.74 Å². The lowest BCUT2D eigenvalue weighted by atomic mass is 9.92. The average Bonchev–Trinajstić information content (AvgIpc) is 2.62. The summed E-state index contributed by atoms with van der Waals surface area (Å²) in [5, 5.41) is 0. The van der Waals surface area contributed by atoms with Crippen LogP contribution in [0.1, 0.15) is 28.9 Å². The van der Waals surface area contributed by atoms with Crippen molar-refractivity contribution in [2.45, 2.75) is 19.3 Å². The fourth-order valence-electron chi connectivity index (χ4n) is 3.21. The molecule has 0 radical (unpaired) electrons. The Kier molecular flexibility index (Phi) is 5.08. The van der Waals surface area contributed by atoms with E-state index in [-0.39, 0.29) is 11.7 Å². The van der Waals surface area contributed by atoms with Crippen LogP contribution in [-0.4, -0.2) is 36.0 Å². The number of hydrogen-bond donors (Lipinski definition) is 0. The van der Waals surface area contributed by atoms with Gasteiger partial charge >= 0.3 is 0 Å². The van der Waals surface area contributed by atoms with Gasteiger partial charge in [-0.15, -0.1) is 0 Å². The van der Waals surface area contributed by atoms with Crippen LogP contribution >= 0.6 is 0 Å². The molecule has 1 unspecified atom stereocenters. The maximum absolute atomic E-state index is 13.8. The number of halogens is 1. The molecule has 5 heteroatoms. The molecule has 0 spiro atoms. The van der Waals surface area contributed by atoms with Gasteiger partial charge in [-0.3, -0.25) is 9.78 Å². The highest BCUT2D eigenvalue weighted by atomic mass is 19.1. The van der Waals surface area contributed by atoms with E-state index in [1.165, 1.54) is 19.2 Å². The second kappa shape index (κ2) is 7.43. The fourth-order valence-corrected chi connectivity index (χ4v) is 3.21. The molecular formula is C19H21FN2O2. The van der Waals surface area contributed by atoms with E-state index in [0.29, 0.717) is 24.6 Å². The summed E-state index contributed by atoms with van der Waals surface area (Å²) in [6.07, 6.45) is 4.70. The van der Waals surface area contributed by atoms with Crippen molar-refractivity contribution >= 4 is 5.91 Å². The normalized spacial score (nSPS) is 17.6. The van der Waals surface area contributed by atoms with Crippen LogP contribution < -0.4 is 4.74 Å². The standard InChI is InChI=1S/C19H21FN2O2/c1-24-18-8-7-15(12-17(18)20)19(23)22-10-4-5-14(13-22)11-16-6-2-3-9-21-16/h2-3,6-9,12,14H,4-5,10-11,13H2,1H3. The molecule has 2 aromatic rings. The summed E-state index contributed by atoms with van der Waals surface area (Å²) in [6.45, 7) is 1.40. The predicted molar refractivity (Wildman–Crippen MR) is 89.5 cm³/mol. The Morgan fingerprint density at radius 3 is 2.96 bits per heavy atom. The molecule has 126 valence electrons. The van der Waals surface area contributed by atoms with Crippen molar-refractivity contribution in [3.05, 3.63) is 59.7 Å². The second-order valence-corrected chi connectivity index (χ2v) is 6.13. The Morgan fingerprint density at radius 1 is 1.38 bits per heavy atom. The zero-order valence-corrected chi connectivity index (χ0v) is 13.7. The molecule has 0 saturated carbocycles. The van der Waals surface area contributed by atoms with Gasteiger partial charge in [-0.2, -0.15) is 0 Å². The van der Waals surface area contributed by atoms with Crippen LogP contribution in [0.15, 0.2) is 42.6 Å². The topological polar surface area (TPSA) is 42.4 Å². The van der Waals surface area contributed by atoms with Gasteiger partial charge in [0.05, 0.1) is 7.11 Å². The van der Waals surface area contributed by atoms with Crippen LogP contribution in [0.3, 0.4) is 0 Å². The number of amides is 1. The summed E-state index contributed by atoms with van der Waals surface area (Å²) >= 11 is 0. The SMILES string of the molecule is COc1ccc(C(=O)N2CCCC(Cc3ccccn3)C2)cc1F. The summed E-state index contributed by atoms with van der Waals surface area (Å²) in [7, 11) is 1.41. The Labute approximate surface area is 141 Å². The van der Waals surface area contributed by atoms with Gasteiger partial charge in [-0.25, -0.2) is 4.39 Å². The summed E-state index contributed by atoms with van der Waals surface area (Å²) in [5.74, 6) is -0.0911. The minimum absolute atomic E-state index is 0.123. The zero-order valence-electron chi connectivity index (χ0n) is 13.7. The summed E-state index contributed by atoms with van der Waals surface area (Å²) in [6, 6.07) is 10.3. The number of ether oxygens (including phenoxy) is 1. The van der Waals surface area contributed by atoms with E-state index in [9.17, 15) is 9.18 Å². The number of carbonyl (C=O) groups excluding carboxylic acids is 1. The van der Waals surface area contributed by atoms with Crippen LogP contribution in [0.5, 0.6) is 5.75 Å². The van der Waals surface area contributed by atoms with Crippen LogP contribution in [0.25, 0.3) is 0 Å². The quantitative estimate of drug-likeness (QED) is 0.864. The van der Waals surface area contributed by atoms with E-state index < -0.39 is 5.82 Å². The molecule has 2 heterocycles. The van der Waals surface area contributed by atoms with Gasteiger partial charge in [-0.05, 0) is 55.5 Å². The predicted octanol–water partition coefficient (Wildman–Crippen LogP) is 3.32. The van der Waals surface area contributed by atoms with E-state index in [0.717, 1.165) is 25.0 Å². The number of benzene rings is 1. The number of aromatic nitrogens is 1. The van der Waals surface area contributed by atoms with Gasteiger partial charge in [0.2, 0.25) is 0 Å². The van der Waals surface area contributed by atoms with Crippen molar-refractivity contribution in [1.29, 1.82) is 0 Å². The molecule has 1 aliphatic rings. The van der Waals surface area contributed by atoms with E-state index >= 15 is 0 Å². The fraction of sp³-hybridized carbons (Fsp3) is 0.368. The number of rotatable bonds is 4. The molecule has 1 aromatic heterocycles. The number of hydrogen-bond acceptors (Lipinski definition) is 3. The average molecular weight is 328 g/mol. The first-order chi connectivity index (χ1) is 11.7. The zero-order chi connectivity index (χ0) is 16.9. The highest BCUT2D eigenvalue weighted by Crippen LogP contribution is 2.23. The highest BCUT2D eigenvalue weighted by Gasteiger charge is 2.25. The molecule has 0 N–H and O–H groups in total. The first-order valence-corrected chi connectivity index (χ1v) is 8.20. The van der Waals surface area contributed by atoms with Crippen LogP contribution in [-0.2, 0) is 6.42 Å². The third-order valence-corrected chi connectivity index (χ3v) is 4.43. The first kappa shape index (κ1) is 16.4. The number of pyridine rings is 1. The molecule has 0 aliphatic carbocycles. The van der Waals surface area contributed by atoms with Crippen LogP contribution in [0, 0.1) is 11.7 Å². The molecule has 4 nitrogen and oxygen atoms in total. The molecule has 0 bridgehead atoms. The van der Waals surface area contributed by atoms with Gasteiger partial charge in [0.25, 0.3) is 5.91 Å². The van der Waals surface area contributed by atoms with Crippen molar-refractivity contribution in [2.24, 2.45) is 5.92 Å². The van der Waals surface area contributed by atoms with E-state index in [2.05, 4.69) is 4.98 Å². The monoisotopic (exact) mass is 328 g/mol. The summed E-state index contributed by atoms with van der Waals surface area (Å²) in [5.41, 5.74) is 1.42. The lowest BCUT2D eigenvalue weighted by Crippen LogP contribution is -2.40. The van der Waals surface area contributed by atoms with E-state index in [1.807, 2.05) is 23.1 Å². The van der Waals surface area contributed by atoms with Gasteiger partial charge in [0.1, 0.15) is 0 Å². The molecule has 3 rings (SSSR count). The number of carbonyl (C=O) groups is 1. The van der Waals surface area contributed by atoms with Gasteiger partial charge in [-0.1, -0.05) is 6.07 Å². The maximum Gasteiger partial charge on any atom is 0.253 e. The summed E-state index contributed by atoms with van der Waals surface area (Å²) < 4.78 is 18.7. The lowest BCUT2D eigenvalue weighted by Gasteiger charge is -2.32. The van der Waals surface area contributed by atoms with E-state index in [1.54, 1.807) is 12.3 Å². The molecule has 1 amide bonds.